The Balaban J connectivity index is 0. The Morgan fingerprint density at radius 2 is 1.21 bits per heavy atom. The van der Waals surface area contributed by atoms with Gasteiger partial charge in [0.25, 0.3) is 5.79 Å². The van der Waals surface area contributed by atoms with Crippen LogP contribution in [0, 0.1) is 0 Å². The molecule has 0 aliphatic carbocycles. The minimum absolute atomic E-state index is 0. The van der Waals surface area contributed by atoms with Crippen LogP contribution in [0.5, 0.6) is 0 Å². The molecule has 0 saturated carbocycles. The molecule has 0 spiro atoms. The van der Waals surface area contributed by atoms with E-state index in [0.29, 0.717) is 6.42 Å². The number of hydrogen-bond acceptors (Lipinski definition) is 6. The average molecular weight is 372 g/mol. The molecule has 7 heteroatoms. The Morgan fingerprint density at radius 1 is 0.789 bits per heavy atom. The molecule has 6 nitrogen and oxygen atoms in total. The maximum atomic E-state index is 10.3. The summed E-state index contributed by atoms with van der Waals surface area (Å²) in [6.45, 7) is 2.13. The molecular weight excluding hydrogens is 353 g/mol. The van der Waals surface area contributed by atoms with Gasteiger partial charge in [-0.25, -0.2) is 14.4 Å². The molecule has 0 fully saturated rings. The van der Waals surface area contributed by atoms with Crippen LogP contribution in [0.25, 0.3) is 0 Å². The van der Waals surface area contributed by atoms with Crippen LogP contribution in [-0.2, 0) is 14.4 Å². The Hall–Kier alpha value is -1.06. The van der Waals surface area contributed by atoms with Gasteiger partial charge in [0.15, 0.2) is 0 Å². The van der Waals surface area contributed by atoms with E-state index in [1.165, 1.54) is 24.7 Å². The summed E-state index contributed by atoms with van der Waals surface area (Å²) in [5, 5.41) is 0. The molecule has 0 N–H and O–H groups in total. The zero-order chi connectivity index (χ0) is 13.7. The van der Waals surface area contributed by atoms with Crippen LogP contribution in [0.15, 0.2) is 15.0 Å². The molecule has 19 heavy (non-hydrogen) atoms. The number of hydrogen-bond donors (Lipinski definition) is 0. The van der Waals surface area contributed by atoms with Gasteiger partial charge in [-0.1, -0.05) is 39.0 Å². The molecule has 0 rings (SSSR count). The molecule has 0 saturated heterocycles. The van der Waals surface area contributed by atoms with Crippen LogP contribution in [0.3, 0.4) is 0 Å². The molecule has 0 amide bonds. The summed E-state index contributed by atoms with van der Waals surface area (Å²) in [6.07, 6.45) is 10.1. The van der Waals surface area contributed by atoms with Gasteiger partial charge >= 0.3 is 23.9 Å². The first-order valence-electron chi connectivity index (χ1n) is 6.01. The van der Waals surface area contributed by atoms with E-state index in [1.807, 2.05) is 0 Å². The normalized spacial score (nSPS) is 11.8. The van der Waals surface area contributed by atoms with Crippen LogP contribution < -0.4 is 0 Å². The van der Waals surface area contributed by atoms with Gasteiger partial charge in [-0.15, -0.1) is 0 Å². The monoisotopic (exact) mass is 373 g/mol. The molecule has 0 aliphatic rings. The van der Waals surface area contributed by atoms with Crippen LogP contribution in [0.4, 0.5) is 0 Å². The summed E-state index contributed by atoms with van der Waals surface area (Å²) in [5.74, 6) is -1.70. The van der Waals surface area contributed by atoms with Crippen molar-refractivity contribution in [3.63, 3.8) is 0 Å². The Kier molecular flexibility index (Phi) is 14.3. The van der Waals surface area contributed by atoms with Gasteiger partial charge in [-0.3, -0.25) is 0 Å². The molecule has 0 aromatic rings. The third-order valence-electron chi connectivity index (χ3n) is 2.54. The molecule has 0 heterocycles. The number of aliphatic imine (C=N–C) groups is 3. The van der Waals surface area contributed by atoms with Gasteiger partial charge < -0.3 is 0 Å². The van der Waals surface area contributed by atoms with Crippen molar-refractivity contribution in [3.05, 3.63) is 0 Å². The summed E-state index contributed by atoms with van der Waals surface area (Å²) >= 11 is 0. The predicted octanol–water partition coefficient (Wildman–Crippen LogP) is 1.48. The first-order chi connectivity index (χ1) is 8.74. The molecule has 0 aromatic carbocycles. The fourth-order valence-corrected chi connectivity index (χ4v) is 1.60. The molecular formula is C12H19N3O3Sn. The number of rotatable bonds is 10. The van der Waals surface area contributed by atoms with Crippen molar-refractivity contribution < 1.29 is 14.4 Å². The Bertz CT molecular complexity index is 336. The first-order valence-corrected chi connectivity index (χ1v) is 6.01. The van der Waals surface area contributed by atoms with E-state index in [9.17, 15) is 14.4 Å². The van der Waals surface area contributed by atoms with Crippen molar-refractivity contribution in [2.24, 2.45) is 15.0 Å². The van der Waals surface area contributed by atoms with Crippen molar-refractivity contribution in [3.8, 4) is 0 Å². The molecule has 0 atom stereocenters. The summed E-state index contributed by atoms with van der Waals surface area (Å²) in [5.41, 5.74) is 0. The Morgan fingerprint density at radius 3 is 1.63 bits per heavy atom. The number of isocyanates is 3. The molecule has 0 aromatic heterocycles. The second-order valence-corrected chi connectivity index (χ2v) is 3.90. The summed E-state index contributed by atoms with van der Waals surface area (Å²) in [7, 11) is 0. The van der Waals surface area contributed by atoms with E-state index in [1.54, 1.807) is 0 Å². The first kappa shape index (κ1) is 20.3. The van der Waals surface area contributed by atoms with Crippen molar-refractivity contribution >= 4 is 42.1 Å². The van der Waals surface area contributed by atoms with Crippen LogP contribution >= 0.6 is 0 Å². The summed E-state index contributed by atoms with van der Waals surface area (Å²) < 4.78 is 0. The predicted molar refractivity (Wildman–Crippen MR) is 73.6 cm³/mol. The Labute approximate surface area is 129 Å². The van der Waals surface area contributed by atoms with Gasteiger partial charge in [-0.2, -0.15) is 15.0 Å². The number of unbranched alkanes of at least 4 members (excludes halogenated alkanes) is 5. The molecule has 104 valence electrons. The van der Waals surface area contributed by atoms with E-state index in [0.717, 1.165) is 25.7 Å². The van der Waals surface area contributed by atoms with Crippen molar-refractivity contribution in [2.75, 3.05) is 0 Å². The SMILES string of the molecule is CCCCCCCCC(N=C=O)(N=C=O)N=C=O.[SnH2]. The standard InChI is InChI=1S/C12H17N3O3.Sn.2H/c1-2-3-4-5-6-7-8-12(13-9-16,14-10-17)15-11-18;;;/h2-8H2,1H3;;;. The van der Waals surface area contributed by atoms with Gasteiger partial charge in [0.05, 0.1) is 0 Å². The van der Waals surface area contributed by atoms with E-state index in [4.69, 9.17) is 0 Å². The zero-order valence-electron chi connectivity index (χ0n) is 11.2. The quantitative estimate of drug-likeness (QED) is 0.252. The number of nitrogens with zero attached hydrogens (tertiary/aromatic N) is 3. The fraction of sp³-hybridized carbons (Fsp3) is 0.750. The average Bonchev–Trinajstić information content (AvgIpc) is 2.35. The van der Waals surface area contributed by atoms with Gasteiger partial charge in [0.2, 0.25) is 18.2 Å². The van der Waals surface area contributed by atoms with Gasteiger partial charge in [-0.05, 0) is 6.42 Å². The third-order valence-corrected chi connectivity index (χ3v) is 2.54. The second kappa shape index (κ2) is 13.4. The van der Waals surface area contributed by atoms with Gasteiger partial charge in [0, 0.05) is 6.42 Å². The van der Waals surface area contributed by atoms with E-state index in [2.05, 4.69) is 21.9 Å². The van der Waals surface area contributed by atoms with Crippen molar-refractivity contribution in [1.82, 2.24) is 0 Å². The van der Waals surface area contributed by atoms with Crippen molar-refractivity contribution in [2.45, 2.75) is 57.7 Å². The maximum absolute atomic E-state index is 10.3. The zero-order valence-corrected chi connectivity index (χ0v) is 15.3. The second-order valence-electron chi connectivity index (χ2n) is 3.90. The summed E-state index contributed by atoms with van der Waals surface area (Å²) in [4.78, 5) is 40.7. The fourth-order valence-electron chi connectivity index (χ4n) is 1.60. The van der Waals surface area contributed by atoms with Crippen LogP contribution in [-0.4, -0.2) is 47.9 Å². The van der Waals surface area contributed by atoms with E-state index < -0.39 is 5.79 Å². The summed E-state index contributed by atoms with van der Waals surface area (Å²) in [6, 6.07) is 0. The van der Waals surface area contributed by atoms with Crippen LogP contribution in [0.2, 0.25) is 0 Å². The van der Waals surface area contributed by atoms with E-state index in [-0.39, 0.29) is 30.3 Å². The number of carbonyl (C=O) groups excluding carboxylic acids is 3. The molecule has 0 bridgehead atoms. The topological polar surface area (TPSA) is 88.3 Å². The molecule has 0 unspecified atom stereocenters. The molecule has 0 aliphatic heterocycles. The van der Waals surface area contributed by atoms with Crippen molar-refractivity contribution in [1.29, 1.82) is 0 Å². The molecule has 2 radical (unpaired) electrons. The van der Waals surface area contributed by atoms with Gasteiger partial charge in [0.1, 0.15) is 0 Å². The minimum atomic E-state index is -1.70. The third kappa shape index (κ3) is 9.51. The van der Waals surface area contributed by atoms with E-state index >= 15 is 0 Å². The van der Waals surface area contributed by atoms with Crippen LogP contribution in [0.1, 0.15) is 51.9 Å².